The highest BCUT2D eigenvalue weighted by Gasteiger charge is 2.23. The second-order valence-corrected chi connectivity index (χ2v) is 3.16. The minimum Gasteiger partial charge on any atom is -0.342 e. The number of amides is 1. The minimum atomic E-state index is 0.125. The number of carbonyl (C=O) groups excluding carboxylic acids is 1. The summed E-state index contributed by atoms with van der Waals surface area (Å²) in [5.41, 5.74) is 5.36. The summed E-state index contributed by atoms with van der Waals surface area (Å²) in [7, 11) is 0. The van der Waals surface area contributed by atoms with Crippen LogP contribution in [0.3, 0.4) is 0 Å². The van der Waals surface area contributed by atoms with Gasteiger partial charge in [0.1, 0.15) is 0 Å². The molecule has 1 heterocycles. The molecule has 0 aromatic carbocycles. The predicted octanol–water partition coefficient (Wildman–Crippen LogP) is 0.204. The van der Waals surface area contributed by atoms with E-state index in [1.807, 2.05) is 11.8 Å². The Morgan fingerprint density at radius 2 is 2.27 bits per heavy atom. The molecule has 1 fully saturated rings. The first-order valence-corrected chi connectivity index (χ1v) is 4.24. The topological polar surface area (TPSA) is 46.3 Å². The first kappa shape index (κ1) is 8.53. The third-order valence-corrected chi connectivity index (χ3v) is 2.19. The van der Waals surface area contributed by atoms with E-state index in [2.05, 4.69) is 0 Å². The molecule has 0 spiro atoms. The lowest BCUT2D eigenvalue weighted by molar-refractivity contribution is -0.138. The molecule has 3 heteroatoms. The SMILES string of the molecule is CC(CCN)C(=O)N1CCC1. The van der Waals surface area contributed by atoms with Gasteiger partial charge in [0.15, 0.2) is 0 Å². The maximum Gasteiger partial charge on any atom is 0.225 e. The Labute approximate surface area is 67.5 Å². The van der Waals surface area contributed by atoms with Gasteiger partial charge >= 0.3 is 0 Å². The fourth-order valence-corrected chi connectivity index (χ4v) is 1.22. The lowest BCUT2D eigenvalue weighted by Gasteiger charge is -2.33. The van der Waals surface area contributed by atoms with E-state index >= 15 is 0 Å². The maximum absolute atomic E-state index is 11.4. The summed E-state index contributed by atoms with van der Waals surface area (Å²) in [5, 5.41) is 0. The number of nitrogens with two attached hydrogens (primary N) is 1. The first-order chi connectivity index (χ1) is 5.25. The molecule has 1 atom stereocenters. The molecule has 1 aliphatic heterocycles. The van der Waals surface area contributed by atoms with Gasteiger partial charge in [-0.1, -0.05) is 6.92 Å². The molecule has 0 aromatic rings. The van der Waals surface area contributed by atoms with Crippen molar-refractivity contribution >= 4 is 5.91 Å². The maximum atomic E-state index is 11.4. The van der Waals surface area contributed by atoms with E-state index in [1.165, 1.54) is 6.42 Å². The number of hydrogen-bond acceptors (Lipinski definition) is 2. The summed E-state index contributed by atoms with van der Waals surface area (Å²) < 4.78 is 0. The molecule has 1 amide bonds. The quantitative estimate of drug-likeness (QED) is 0.634. The second-order valence-electron chi connectivity index (χ2n) is 3.16. The summed E-state index contributed by atoms with van der Waals surface area (Å²) in [6, 6.07) is 0. The second kappa shape index (κ2) is 3.72. The molecule has 0 aromatic heterocycles. The van der Waals surface area contributed by atoms with E-state index in [1.54, 1.807) is 0 Å². The average Bonchev–Trinajstić information content (AvgIpc) is 1.84. The van der Waals surface area contributed by atoms with Crippen molar-refractivity contribution in [2.45, 2.75) is 19.8 Å². The molecule has 0 bridgehead atoms. The Kier molecular flexibility index (Phi) is 2.88. The smallest absolute Gasteiger partial charge is 0.225 e. The van der Waals surface area contributed by atoms with Crippen molar-refractivity contribution in [1.29, 1.82) is 0 Å². The first-order valence-electron chi connectivity index (χ1n) is 4.24. The van der Waals surface area contributed by atoms with Gasteiger partial charge in [-0.05, 0) is 19.4 Å². The lowest BCUT2D eigenvalue weighted by atomic mass is 10.0. The fraction of sp³-hybridized carbons (Fsp3) is 0.875. The molecule has 1 saturated heterocycles. The van der Waals surface area contributed by atoms with Crippen LogP contribution in [0.5, 0.6) is 0 Å². The number of nitrogens with zero attached hydrogens (tertiary/aromatic N) is 1. The summed E-state index contributed by atoms with van der Waals surface area (Å²) in [6.45, 7) is 4.47. The van der Waals surface area contributed by atoms with E-state index in [0.29, 0.717) is 6.54 Å². The summed E-state index contributed by atoms with van der Waals surface area (Å²) >= 11 is 0. The molecule has 11 heavy (non-hydrogen) atoms. The zero-order valence-corrected chi connectivity index (χ0v) is 7.05. The van der Waals surface area contributed by atoms with Gasteiger partial charge in [0.05, 0.1) is 0 Å². The Morgan fingerprint density at radius 3 is 2.64 bits per heavy atom. The molecule has 3 nitrogen and oxygen atoms in total. The Hall–Kier alpha value is -0.570. The van der Waals surface area contributed by atoms with Crippen LogP contribution in [0.25, 0.3) is 0 Å². The van der Waals surface area contributed by atoms with Gasteiger partial charge in [-0.2, -0.15) is 0 Å². The highest BCUT2D eigenvalue weighted by molar-refractivity contribution is 5.79. The van der Waals surface area contributed by atoms with Crippen LogP contribution in [0.4, 0.5) is 0 Å². The van der Waals surface area contributed by atoms with E-state index in [4.69, 9.17) is 5.73 Å². The molecule has 0 radical (unpaired) electrons. The van der Waals surface area contributed by atoms with Gasteiger partial charge in [-0.25, -0.2) is 0 Å². The molecule has 0 saturated carbocycles. The van der Waals surface area contributed by atoms with Crippen LogP contribution in [-0.4, -0.2) is 30.4 Å². The molecule has 1 unspecified atom stereocenters. The van der Waals surface area contributed by atoms with Gasteiger partial charge in [0.25, 0.3) is 0 Å². The number of carbonyl (C=O) groups is 1. The van der Waals surface area contributed by atoms with Crippen molar-refractivity contribution in [3.05, 3.63) is 0 Å². The third-order valence-electron chi connectivity index (χ3n) is 2.19. The minimum absolute atomic E-state index is 0.125. The number of likely N-dealkylation sites (tertiary alicyclic amines) is 1. The van der Waals surface area contributed by atoms with Crippen LogP contribution in [0.2, 0.25) is 0 Å². The fourth-order valence-electron chi connectivity index (χ4n) is 1.22. The van der Waals surface area contributed by atoms with Crippen molar-refractivity contribution < 1.29 is 4.79 Å². The zero-order valence-electron chi connectivity index (χ0n) is 7.05. The summed E-state index contributed by atoms with van der Waals surface area (Å²) in [5.74, 6) is 0.405. The molecule has 2 N–H and O–H groups in total. The zero-order chi connectivity index (χ0) is 8.27. The summed E-state index contributed by atoms with van der Waals surface area (Å²) in [6.07, 6.45) is 1.98. The van der Waals surface area contributed by atoms with Crippen LogP contribution in [0.15, 0.2) is 0 Å². The Morgan fingerprint density at radius 1 is 1.64 bits per heavy atom. The molecular weight excluding hydrogens is 140 g/mol. The van der Waals surface area contributed by atoms with Crippen molar-refractivity contribution in [2.75, 3.05) is 19.6 Å². The van der Waals surface area contributed by atoms with Crippen molar-refractivity contribution in [3.63, 3.8) is 0 Å². The van der Waals surface area contributed by atoms with Gasteiger partial charge in [0.2, 0.25) is 5.91 Å². The van der Waals surface area contributed by atoms with Crippen molar-refractivity contribution in [2.24, 2.45) is 11.7 Å². The number of hydrogen-bond donors (Lipinski definition) is 1. The van der Waals surface area contributed by atoms with E-state index in [0.717, 1.165) is 19.5 Å². The van der Waals surface area contributed by atoms with E-state index in [-0.39, 0.29) is 11.8 Å². The van der Waals surface area contributed by atoms with Gasteiger partial charge in [0, 0.05) is 19.0 Å². The lowest BCUT2D eigenvalue weighted by Crippen LogP contribution is -2.44. The van der Waals surface area contributed by atoms with Gasteiger partial charge in [-0.15, -0.1) is 0 Å². The van der Waals surface area contributed by atoms with Gasteiger partial charge in [-0.3, -0.25) is 4.79 Å². The molecule has 64 valence electrons. The molecule has 1 aliphatic rings. The number of rotatable bonds is 3. The highest BCUT2D eigenvalue weighted by Crippen LogP contribution is 2.12. The van der Waals surface area contributed by atoms with Crippen molar-refractivity contribution in [3.8, 4) is 0 Å². The van der Waals surface area contributed by atoms with Crippen LogP contribution < -0.4 is 5.73 Å². The Bertz CT molecular complexity index is 143. The van der Waals surface area contributed by atoms with E-state index in [9.17, 15) is 4.79 Å². The third kappa shape index (κ3) is 1.93. The normalized spacial score (nSPS) is 19.3. The summed E-state index contributed by atoms with van der Waals surface area (Å²) in [4.78, 5) is 13.3. The highest BCUT2D eigenvalue weighted by atomic mass is 16.2. The van der Waals surface area contributed by atoms with Crippen LogP contribution in [0, 0.1) is 5.92 Å². The molecule has 1 rings (SSSR count). The van der Waals surface area contributed by atoms with Gasteiger partial charge < -0.3 is 10.6 Å². The standard InChI is InChI=1S/C8H16N2O/c1-7(3-4-9)8(11)10-5-2-6-10/h7H,2-6,9H2,1H3. The van der Waals surface area contributed by atoms with Crippen LogP contribution in [-0.2, 0) is 4.79 Å². The van der Waals surface area contributed by atoms with Crippen LogP contribution >= 0.6 is 0 Å². The largest absolute Gasteiger partial charge is 0.342 e. The monoisotopic (exact) mass is 156 g/mol. The van der Waals surface area contributed by atoms with Crippen molar-refractivity contribution in [1.82, 2.24) is 4.90 Å². The molecule has 0 aliphatic carbocycles. The predicted molar refractivity (Wildman–Crippen MR) is 44.0 cm³/mol. The van der Waals surface area contributed by atoms with Crippen LogP contribution in [0.1, 0.15) is 19.8 Å². The average molecular weight is 156 g/mol. The molecular formula is C8H16N2O. The Balaban J connectivity index is 2.27. The van der Waals surface area contributed by atoms with E-state index < -0.39 is 0 Å².